The summed E-state index contributed by atoms with van der Waals surface area (Å²) in [5, 5.41) is 6.00. The van der Waals surface area contributed by atoms with Crippen LogP contribution in [0.1, 0.15) is 32.6 Å². The highest BCUT2D eigenvalue weighted by Crippen LogP contribution is 2.28. The van der Waals surface area contributed by atoms with Gasteiger partial charge in [-0.25, -0.2) is 0 Å². The minimum atomic E-state index is -0.180. The van der Waals surface area contributed by atoms with Crippen LogP contribution in [-0.2, 0) is 11.8 Å². The number of nitrogens with one attached hydrogen (secondary N) is 2. The van der Waals surface area contributed by atoms with Crippen LogP contribution in [0, 0.1) is 0 Å². The third-order valence-electron chi connectivity index (χ3n) is 4.29. The second kappa shape index (κ2) is 7.97. The van der Waals surface area contributed by atoms with Crippen molar-refractivity contribution in [2.75, 3.05) is 7.05 Å². The highest BCUT2D eigenvalue weighted by Gasteiger charge is 2.25. The van der Waals surface area contributed by atoms with Crippen molar-refractivity contribution in [2.45, 2.75) is 50.8 Å². The van der Waals surface area contributed by atoms with Crippen molar-refractivity contribution >= 4 is 21.8 Å². The number of carbonyl (C=O) groups is 1. The molecule has 23 heavy (non-hydrogen) atoms. The van der Waals surface area contributed by atoms with Gasteiger partial charge >= 0.3 is 0 Å². The molecule has 0 saturated heterocycles. The van der Waals surface area contributed by atoms with E-state index in [2.05, 4.69) is 26.6 Å². The maximum Gasteiger partial charge on any atom is 0.254 e. The Bertz CT molecular complexity index is 609. The van der Waals surface area contributed by atoms with Crippen LogP contribution in [0.5, 0.6) is 5.75 Å². The number of rotatable bonds is 5. The van der Waals surface area contributed by atoms with Crippen LogP contribution in [0.4, 0.5) is 0 Å². The number of aromatic nitrogens is 1. The molecule has 0 aliphatic heterocycles. The lowest BCUT2D eigenvalue weighted by atomic mass is 9.92. The molecule has 0 bridgehead atoms. The molecule has 128 valence electrons. The normalized spacial score (nSPS) is 22.4. The van der Waals surface area contributed by atoms with E-state index >= 15 is 0 Å². The van der Waals surface area contributed by atoms with E-state index in [9.17, 15) is 9.59 Å². The van der Waals surface area contributed by atoms with Gasteiger partial charge in [0.2, 0.25) is 5.91 Å². The van der Waals surface area contributed by atoms with Gasteiger partial charge in [0, 0.05) is 25.4 Å². The zero-order valence-electron chi connectivity index (χ0n) is 13.8. The molecule has 1 heterocycles. The molecule has 1 aromatic rings. The summed E-state index contributed by atoms with van der Waals surface area (Å²) in [6.07, 6.45) is 5.28. The minimum Gasteiger partial charge on any atom is -0.489 e. The molecule has 1 atom stereocenters. The third kappa shape index (κ3) is 4.81. The second-order valence-corrected chi connectivity index (χ2v) is 6.90. The Balaban J connectivity index is 1.87. The van der Waals surface area contributed by atoms with Crippen LogP contribution in [0.2, 0.25) is 0 Å². The SMILES string of the molecule is CN[C@H](C)C(=O)NC1CCC(Oc2cc(=O)n(C)cc2Br)CC1. The summed E-state index contributed by atoms with van der Waals surface area (Å²) in [6.45, 7) is 1.84. The predicted molar refractivity (Wildman–Crippen MR) is 92.7 cm³/mol. The Morgan fingerprint density at radius 2 is 2.04 bits per heavy atom. The fourth-order valence-electron chi connectivity index (χ4n) is 2.63. The van der Waals surface area contributed by atoms with Crippen molar-refractivity contribution in [3.05, 3.63) is 27.1 Å². The summed E-state index contributed by atoms with van der Waals surface area (Å²) < 4.78 is 8.24. The van der Waals surface area contributed by atoms with Gasteiger partial charge in [0.1, 0.15) is 5.75 Å². The van der Waals surface area contributed by atoms with E-state index in [1.165, 1.54) is 10.6 Å². The van der Waals surface area contributed by atoms with Crippen LogP contribution >= 0.6 is 15.9 Å². The average molecular weight is 386 g/mol. The van der Waals surface area contributed by atoms with Gasteiger partial charge in [-0.05, 0) is 55.6 Å². The molecule has 7 heteroatoms. The van der Waals surface area contributed by atoms with E-state index in [0.29, 0.717) is 5.75 Å². The van der Waals surface area contributed by atoms with E-state index in [4.69, 9.17) is 4.74 Å². The van der Waals surface area contributed by atoms with Gasteiger partial charge in [-0.2, -0.15) is 0 Å². The molecule has 1 aromatic heterocycles. The van der Waals surface area contributed by atoms with Gasteiger partial charge in [-0.15, -0.1) is 0 Å². The number of likely N-dealkylation sites (N-methyl/N-ethyl adjacent to an activating group) is 1. The van der Waals surface area contributed by atoms with E-state index < -0.39 is 0 Å². The number of carbonyl (C=O) groups excluding carboxylic acids is 1. The van der Waals surface area contributed by atoms with Gasteiger partial charge in [0.25, 0.3) is 5.56 Å². The number of ether oxygens (including phenoxy) is 1. The van der Waals surface area contributed by atoms with Crippen LogP contribution in [-0.4, -0.2) is 35.7 Å². The largest absolute Gasteiger partial charge is 0.489 e. The van der Waals surface area contributed by atoms with E-state index in [0.717, 1.165) is 30.2 Å². The molecule has 0 radical (unpaired) electrons. The highest BCUT2D eigenvalue weighted by atomic mass is 79.9. The van der Waals surface area contributed by atoms with Crippen LogP contribution < -0.4 is 20.9 Å². The van der Waals surface area contributed by atoms with E-state index in [-0.39, 0.29) is 29.7 Å². The summed E-state index contributed by atoms with van der Waals surface area (Å²) in [4.78, 5) is 23.6. The molecule has 1 amide bonds. The van der Waals surface area contributed by atoms with Crippen molar-refractivity contribution in [3.8, 4) is 5.75 Å². The number of pyridine rings is 1. The monoisotopic (exact) mass is 385 g/mol. The summed E-state index contributed by atoms with van der Waals surface area (Å²) in [7, 11) is 3.48. The van der Waals surface area contributed by atoms with Crippen LogP contribution in [0.15, 0.2) is 21.5 Å². The lowest BCUT2D eigenvalue weighted by Gasteiger charge is -2.30. The fourth-order valence-corrected chi connectivity index (χ4v) is 3.15. The van der Waals surface area contributed by atoms with Crippen molar-refractivity contribution in [1.29, 1.82) is 0 Å². The average Bonchev–Trinajstić information content (AvgIpc) is 2.53. The predicted octanol–water partition coefficient (Wildman–Crippen LogP) is 1.56. The first-order valence-corrected chi connectivity index (χ1v) is 8.70. The Hall–Kier alpha value is -1.34. The Labute approximate surface area is 144 Å². The van der Waals surface area contributed by atoms with Gasteiger partial charge in [-0.1, -0.05) is 0 Å². The Morgan fingerprint density at radius 1 is 1.39 bits per heavy atom. The standard InChI is InChI=1S/C16H24BrN3O3/c1-10(18-2)16(22)19-11-4-6-12(7-5-11)23-14-8-15(21)20(3)9-13(14)17/h8-12,18H,4-7H2,1-3H3,(H,19,22)/t10-,11?,12?/m1/s1. The molecule has 0 spiro atoms. The molecular formula is C16H24BrN3O3. The Kier molecular flexibility index (Phi) is 6.24. The smallest absolute Gasteiger partial charge is 0.254 e. The molecule has 1 fully saturated rings. The molecule has 1 saturated carbocycles. The van der Waals surface area contributed by atoms with Gasteiger partial charge in [0.05, 0.1) is 16.6 Å². The molecule has 0 unspecified atom stereocenters. The number of hydrogen-bond donors (Lipinski definition) is 2. The van der Waals surface area contributed by atoms with Crippen molar-refractivity contribution in [2.24, 2.45) is 7.05 Å². The first-order chi connectivity index (χ1) is 10.9. The van der Waals surface area contributed by atoms with Gasteiger partial charge in [0.15, 0.2) is 0 Å². The highest BCUT2D eigenvalue weighted by molar-refractivity contribution is 9.10. The fraction of sp³-hybridized carbons (Fsp3) is 0.625. The Morgan fingerprint density at radius 3 is 2.65 bits per heavy atom. The molecule has 1 aliphatic carbocycles. The van der Waals surface area contributed by atoms with Crippen LogP contribution in [0.3, 0.4) is 0 Å². The summed E-state index contributed by atoms with van der Waals surface area (Å²) in [6, 6.07) is 1.53. The van der Waals surface area contributed by atoms with Crippen molar-refractivity contribution < 1.29 is 9.53 Å². The van der Waals surface area contributed by atoms with Crippen LogP contribution in [0.25, 0.3) is 0 Å². The maximum atomic E-state index is 11.9. The summed E-state index contributed by atoms with van der Waals surface area (Å²) in [5.74, 6) is 0.621. The number of hydrogen-bond acceptors (Lipinski definition) is 4. The third-order valence-corrected chi connectivity index (χ3v) is 4.88. The topological polar surface area (TPSA) is 72.4 Å². The quantitative estimate of drug-likeness (QED) is 0.806. The first-order valence-electron chi connectivity index (χ1n) is 7.91. The van der Waals surface area contributed by atoms with E-state index in [1.54, 1.807) is 20.3 Å². The second-order valence-electron chi connectivity index (χ2n) is 6.05. The number of amides is 1. The lowest BCUT2D eigenvalue weighted by molar-refractivity contribution is -0.123. The zero-order valence-corrected chi connectivity index (χ0v) is 15.4. The van der Waals surface area contributed by atoms with Gasteiger partial charge in [-0.3, -0.25) is 9.59 Å². The lowest BCUT2D eigenvalue weighted by Crippen LogP contribution is -2.47. The molecule has 2 N–H and O–H groups in total. The molecule has 6 nitrogen and oxygen atoms in total. The first kappa shape index (κ1) is 18.0. The number of halogens is 1. The maximum absolute atomic E-state index is 11.9. The zero-order chi connectivity index (χ0) is 17.0. The number of aryl methyl sites for hydroxylation is 1. The molecular weight excluding hydrogens is 362 g/mol. The van der Waals surface area contributed by atoms with E-state index in [1.807, 2.05) is 6.92 Å². The summed E-state index contributed by atoms with van der Waals surface area (Å²) in [5.41, 5.74) is -0.0924. The molecule has 0 aromatic carbocycles. The van der Waals surface area contributed by atoms with Crippen molar-refractivity contribution in [3.63, 3.8) is 0 Å². The van der Waals surface area contributed by atoms with Gasteiger partial charge < -0.3 is 19.9 Å². The summed E-state index contributed by atoms with van der Waals surface area (Å²) >= 11 is 3.43. The molecule has 1 aliphatic rings. The van der Waals surface area contributed by atoms with Crippen molar-refractivity contribution in [1.82, 2.24) is 15.2 Å². The number of nitrogens with zero attached hydrogens (tertiary/aromatic N) is 1. The molecule has 2 rings (SSSR count). The minimum absolute atomic E-state index is 0.0335.